The quantitative estimate of drug-likeness (QED) is 0.871. The molecule has 0 spiro atoms. The first-order valence-electron chi connectivity index (χ1n) is 6.23. The Labute approximate surface area is 121 Å². The van der Waals surface area contributed by atoms with Gasteiger partial charge in [-0.1, -0.05) is 17.5 Å². The number of likely N-dealkylation sites (tertiary alicyclic amines) is 1. The minimum Gasteiger partial charge on any atom is -0.479 e. The zero-order chi connectivity index (χ0) is 14.5. The van der Waals surface area contributed by atoms with Crippen LogP contribution >= 0.6 is 11.6 Å². The zero-order valence-electron chi connectivity index (χ0n) is 10.8. The van der Waals surface area contributed by atoms with E-state index in [1.165, 1.54) is 6.07 Å². The third kappa shape index (κ3) is 3.34. The highest BCUT2D eigenvalue weighted by molar-refractivity contribution is 6.32. The van der Waals surface area contributed by atoms with Crippen LogP contribution in [0.3, 0.4) is 0 Å². The van der Waals surface area contributed by atoms with E-state index >= 15 is 0 Å². The van der Waals surface area contributed by atoms with Crippen LogP contribution in [0, 0.1) is 18.2 Å². The summed E-state index contributed by atoms with van der Waals surface area (Å²) in [6, 6.07) is 2.10. The van der Waals surface area contributed by atoms with Crippen LogP contribution in [0.2, 0.25) is 5.02 Å². The van der Waals surface area contributed by atoms with E-state index in [4.69, 9.17) is 22.8 Å². The summed E-state index contributed by atoms with van der Waals surface area (Å²) in [6.07, 6.45) is 7.02. The number of ether oxygens (including phenoxy) is 1. The van der Waals surface area contributed by atoms with Gasteiger partial charge in [0.1, 0.15) is 18.2 Å². The Morgan fingerprint density at radius 2 is 2.20 bits per heavy atom. The monoisotopic (exact) mass is 296 g/mol. The van der Waals surface area contributed by atoms with Crippen molar-refractivity contribution in [1.29, 1.82) is 0 Å². The molecule has 0 aliphatic carbocycles. The molecule has 0 unspecified atom stereocenters. The highest BCUT2D eigenvalue weighted by Gasteiger charge is 2.19. The standard InChI is InChI=1S/C14H14ClFN2O2/c1-2-7-20-13-9-12(11(16)8-10(13)15)17-14(19)18-5-3-4-6-18/h1,8-9H,3-7H2,(H,17,19). The van der Waals surface area contributed by atoms with Crippen LogP contribution in [0.15, 0.2) is 12.1 Å². The van der Waals surface area contributed by atoms with Gasteiger partial charge >= 0.3 is 6.03 Å². The lowest BCUT2D eigenvalue weighted by Crippen LogP contribution is -2.32. The van der Waals surface area contributed by atoms with Crippen molar-refractivity contribution in [2.24, 2.45) is 0 Å². The molecule has 1 aliphatic heterocycles. The molecule has 0 saturated carbocycles. The Kier molecular flexibility index (Phi) is 4.70. The number of benzene rings is 1. The summed E-state index contributed by atoms with van der Waals surface area (Å²) in [7, 11) is 0. The van der Waals surface area contributed by atoms with Gasteiger partial charge in [-0.25, -0.2) is 9.18 Å². The van der Waals surface area contributed by atoms with Gasteiger partial charge in [0.25, 0.3) is 0 Å². The average molecular weight is 297 g/mol. The first kappa shape index (κ1) is 14.5. The Balaban J connectivity index is 2.13. The first-order chi connectivity index (χ1) is 9.61. The number of amides is 2. The number of urea groups is 1. The maximum absolute atomic E-state index is 13.8. The van der Waals surface area contributed by atoms with Gasteiger partial charge < -0.3 is 15.0 Å². The molecule has 6 heteroatoms. The molecule has 1 aromatic rings. The van der Waals surface area contributed by atoms with Crippen molar-refractivity contribution in [3.8, 4) is 18.1 Å². The van der Waals surface area contributed by atoms with E-state index in [0.717, 1.165) is 18.9 Å². The Morgan fingerprint density at radius 1 is 1.50 bits per heavy atom. The van der Waals surface area contributed by atoms with Gasteiger partial charge in [0.2, 0.25) is 0 Å². The van der Waals surface area contributed by atoms with Gasteiger partial charge in [0.15, 0.2) is 0 Å². The van der Waals surface area contributed by atoms with Gasteiger partial charge in [-0.3, -0.25) is 0 Å². The first-order valence-corrected chi connectivity index (χ1v) is 6.61. The second-order valence-corrected chi connectivity index (χ2v) is 4.79. The lowest BCUT2D eigenvalue weighted by Gasteiger charge is -2.17. The van der Waals surface area contributed by atoms with E-state index in [1.807, 2.05) is 0 Å². The van der Waals surface area contributed by atoms with E-state index in [9.17, 15) is 9.18 Å². The lowest BCUT2D eigenvalue weighted by molar-refractivity contribution is 0.222. The van der Waals surface area contributed by atoms with Crippen LogP contribution < -0.4 is 10.1 Å². The topological polar surface area (TPSA) is 41.6 Å². The van der Waals surface area contributed by atoms with Crippen molar-refractivity contribution < 1.29 is 13.9 Å². The van der Waals surface area contributed by atoms with Crippen molar-refractivity contribution in [3.05, 3.63) is 23.0 Å². The fourth-order valence-electron chi connectivity index (χ4n) is 1.97. The highest BCUT2D eigenvalue weighted by atomic mass is 35.5. The second kappa shape index (κ2) is 6.49. The number of nitrogens with zero attached hydrogens (tertiary/aromatic N) is 1. The summed E-state index contributed by atoms with van der Waals surface area (Å²) < 4.78 is 19.0. The van der Waals surface area contributed by atoms with Gasteiger partial charge in [-0.2, -0.15) is 0 Å². The molecule has 2 amide bonds. The van der Waals surface area contributed by atoms with Crippen LogP contribution in [0.25, 0.3) is 0 Å². The molecule has 1 saturated heterocycles. The van der Waals surface area contributed by atoms with Crippen LogP contribution in [0.1, 0.15) is 12.8 Å². The molecule has 0 atom stereocenters. The summed E-state index contributed by atoms with van der Waals surface area (Å²) in [5.74, 6) is 1.92. The van der Waals surface area contributed by atoms with Gasteiger partial charge in [-0.15, -0.1) is 6.42 Å². The minimum absolute atomic E-state index is 0.0187. The maximum atomic E-state index is 13.8. The van der Waals surface area contributed by atoms with Crippen molar-refractivity contribution in [2.45, 2.75) is 12.8 Å². The van der Waals surface area contributed by atoms with Crippen LogP contribution in [-0.4, -0.2) is 30.6 Å². The highest BCUT2D eigenvalue weighted by Crippen LogP contribution is 2.30. The zero-order valence-corrected chi connectivity index (χ0v) is 11.5. The fourth-order valence-corrected chi connectivity index (χ4v) is 2.17. The number of rotatable bonds is 3. The molecule has 0 bridgehead atoms. The minimum atomic E-state index is -0.615. The normalized spacial score (nSPS) is 13.9. The summed E-state index contributed by atoms with van der Waals surface area (Å²) in [4.78, 5) is 13.6. The van der Waals surface area contributed by atoms with Gasteiger partial charge in [0, 0.05) is 19.2 Å². The number of nitrogens with one attached hydrogen (secondary N) is 1. The number of halogens is 2. The Hall–Kier alpha value is -1.93. The molecule has 1 fully saturated rings. The number of carbonyl (C=O) groups is 1. The van der Waals surface area contributed by atoms with Crippen molar-refractivity contribution in [3.63, 3.8) is 0 Å². The predicted octanol–water partition coefficient (Wildman–Crippen LogP) is 3.12. The molecule has 0 aromatic heterocycles. The average Bonchev–Trinajstić information content (AvgIpc) is 2.94. The summed E-state index contributed by atoms with van der Waals surface area (Å²) in [5, 5.41) is 2.63. The smallest absolute Gasteiger partial charge is 0.321 e. The molecule has 2 rings (SSSR count). The Morgan fingerprint density at radius 3 is 2.85 bits per heavy atom. The number of hydrogen-bond donors (Lipinski definition) is 1. The van der Waals surface area contributed by atoms with Crippen molar-refractivity contribution in [2.75, 3.05) is 25.0 Å². The van der Waals surface area contributed by atoms with Gasteiger partial charge in [-0.05, 0) is 18.9 Å². The predicted molar refractivity (Wildman–Crippen MR) is 75.6 cm³/mol. The van der Waals surface area contributed by atoms with Crippen molar-refractivity contribution in [1.82, 2.24) is 4.90 Å². The number of hydrogen-bond acceptors (Lipinski definition) is 2. The maximum Gasteiger partial charge on any atom is 0.321 e. The molecule has 106 valence electrons. The molecule has 1 heterocycles. The molecule has 4 nitrogen and oxygen atoms in total. The Bertz CT molecular complexity index is 551. The summed E-state index contributed by atoms with van der Waals surface area (Å²) >= 11 is 5.84. The number of terminal acetylenes is 1. The fraction of sp³-hybridized carbons (Fsp3) is 0.357. The largest absolute Gasteiger partial charge is 0.479 e. The van der Waals surface area contributed by atoms with Crippen LogP contribution in [0.4, 0.5) is 14.9 Å². The molecular formula is C14H14ClFN2O2. The molecule has 1 aromatic carbocycles. The van der Waals surface area contributed by atoms with E-state index in [1.54, 1.807) is 4.90 Å². The lowest BCUT2D eigenvalue weighted by atomic mass is 10.3. The number of anilines is 1. The molecule has 1 N–H and O–H groups in total. The summed E-state index contributed by atoms with van der Waals surface area (Å²) in [6.45, 7) is 1.38. The van der Waals surface area contributed by atoms with Crippen LogP contribution in [0.5, 0.6) is 5.75 Å². The number of carbonyl (C=O) groups excluding carboxylic acids is 1. The summed E-state index contributed by atoms with van der Waals surface area (Å²) in [5.41, 5.74) is 0.0262. The van der Waals surface area contributed by atoms with E-state index < -0.39 is 5.82 Å². The molecular weight excluding hydrogens is 283 g/mol. The van der Waals surface area contributed by atoms with Crippen LogP contribution in [-0.2, 0) is 0 Å². The van der Waals surface area contributed by atoms with E-state index in [0.29, 0.717) is 13.1 Å². The van der Waals surface area contributed by atoms with E-state index in [2.05, 4.69) is 11.2 Å². The van der Waals surface area contributed by atoms with Crippen molar-refractivity contribution >= 4 is 23.3 Å². The third-order valence-electron chi connectivity index (χ3n) is 2.97. The molecule has 0 radical (unpaired) electrons. The SMILES string of the molecule is C#CCOc1cc(NC(=O)N2CCCC2)c(F)cc1Cl. The molecule has 20 heavy (non-hydrogen) atoms. The third-order valence-corrected chi connectivity index (χ3v) is 3.26. The van der Waals surface area contributed by atoms with Gasteiger partial charge in [0.05, 0.1) is 10.7 Å². The van der Waals surface area contributed by atoms with E-state index in [-0.39, 0.29) is 29.1 Å². The second-order valence-electron chi connectivity index (χ2n) is 4.38. The molecule has 1 aliphatic rings.